The summed E-state index contributed by atoms with van der Waals surface area (Å²) in [7, 11) is 0. The van der Waals surface area contributed by atoms with Crippen molar-refractivity contribution in [3.05, 3.63) is 53.1 Å². The van der Waals surface area contributed by atoms with Crippen molar-refractivity contribution in [2.75, 3.05) is 0 Å². The first kappa shape index (κ1) is 18.0. The van der Waals surface area contributed by atoms with E-state index in [2.05, 4.69) is 10.5 Å². The van der Waals surface area contributed by atoms with Gasteiger partial charge in [0.1, 0.15) is 17.2 Å². The van der Waals surface area contributed by atoms with Crippen LogP contribution >= 0.6 is 0 Å². The highest BCUT2D eigenvalue weighted by Gasteiger charge is 2.08. The molecule has 0 radical (unpaired) electrons. The first-order valence-corrected chi connectivity index (χ1v) is 7.47. The standard InChI is InChI=1S/C18H18N2O5/c1-11-6-15(25-12(2)21)9-17(23)16(11)10-19-20-18(24)8-13-4-3-5-14(22)7-13/h3-7,9-10,22-23H,8H2,1-2H3,(H,20,24). The maximum atomic E-state index is 11.8. The number of ether oxygens (including phenoxy) is 1. The molecule has 0 aliphatic heterocycles. The van der Waals surface area contributed by atoms with Crippen LogP contribution in [0.5, 0.6) is 17.2 Å². The summed E-state index contributed by atoms with van der Waals surface area (Å²) in [6.45, 7) is 2.98. The number of amides is 1. The molecule has 0 fully saturated rings. The number of nitrogens with zero attached hydrogens (tertiary/aromatic N) is 1. The van der Waals surface area contributed by atoms with E-state index in [0.29, 0.717) is 16.7 Å². The molecule has 0 bridgehead atoms. The second-order valence-corrected chi connectivity index (χ2v) is 5.41. The number of carbonyl (C=O) groups excluding carboxylic acids is 2. The number of carbonyl (C=O) groups is 2. The minimum atomic E-state index is -0.487. The fourth-order valence-corrected chi connectivity index (χ4v) is 2.20. The van der Waals surface area contributed by atoms with Crippen LogP contribution in [0.2, 0.25) is 0 Å². The van der Waals surface area contributed by atoms with Crippen LogP contribution in [0.4, 0.5) is 0 Å². The average Bonchev–Trinajstić information content (AvgIpc) is 2.49. The van der Waals surface area contributed by atoms with Gasteiger partial charge in [0.25, 0.3) is 0 Å². The van der Waals surface area contributed by atoms with Gasteiger partial charge in [-0.25, -0.2) is 5.43 Å². The quantitative estimate of drug-likeness (QED) is 0.333. The van der Waals surface area contributed by atoms with Crippen molar-refractivity contribution >= 4 is 18.1 Å². The third kappa shape index (κ3) is 5.35. The van der Waals surface area contributed by atoms with Gasteiger partial charge in [-0.05, 0) is 36.2 Å². The molecule has 7 nitrogen and oxygen atoms in total. The van der Waals surface area contributed by atoms with E-state index in [1.54, 1.807) is 25.1 Å². The average molecular weight is 342 g/mol. The lowest BCUT2D eigenvalue weighted by molar-refractivity contribution is -0.131. The summed E-state index contributed by atoms with van der Waals surface area (Å²) in [6, 6.07) is 9.25. The summed E-state index contributed by atoms with van der Waals surface area (Å²) in [5.74, 6) is -0.660. The Labute approximate surface area is 144 Å². The first-order valence-electron chi connectivity index (χ1n) is 7.47. The molecule has 2 aromatic carbocycles. The lowest BCUT2D eigenvalue weighted by Crippen LogP contribution is -2.19. The fourth-order valence-electron chi connectivity index (χ4n) is 2.20. The van der Waals surface area contributed by atoms with Crippen LogP contribution in [0.25, 0.3) is 0 Å². The van der Waals surface area contributed by atoms with Crippen LogP contribution in [-0.4, -0.2) is 28.3 Å². The summed E-state index contributed by atoms with van der Waals surface area (Å²) in [6.07, 6.45) is 1.37. The number of benzene rings is 2. The number of nitrogens with one attached hydrogen (secondary N) is 1. The van der Waals surface area contributed by atoms with Crippen molar-refractivity contribution in [2.45, 2.75) is 20.3 Å². The Bertz CT molecular complexity index is 807. The zero-order valence-corrected chi connectivity index (χ0v) is 13.8. The smallest absolute Gasteiger partial charge is 0.308 e. The van der Waals surface area contributed by atoms with Crippen molar-refractivity contribution in [3.63, 3.8) is 0 Å². The monoisotopic (exact) mass is 342 g/mol. The Morgan fingerprint density at radius 1 is 1.24 bits per heavy atom. The second-order valence-electron chi connectivity index (χ2n) is 5.41. The summed E-state index contributed by atoms with van der Waals surface area (Å²) in [5.41, 5.74) is 4.03. The van der Waals surface area contributed by atoms with Crippen molar-refractivity contribution in [2.24, 2.45) is 5.10 Å². The Morgan fingerprint density at radius 3 is 2.64 bits per heavy atom. The number of hydrogen-bond donors (Lipinski definition) is 3. The largest absolute Gasteiger partial charge is 0.508 e. The molecule has 2 aromatic rings. The number of hydrazone groups is 1. The van der Waals surface area contributed by atoms with Gasteiger partial charge in [-0.1, -0.05) is 12.1 Å². The zero-order valence-electron chi connectivity index (χ0n) is 13.8. The molecule has 0 atom stereocenters. The highest BCUT2D eigenvalue weighted by atomic mass is 16.5. The number of esters is 1. The van der Waals surface area contributed by atoms with Crippen LogP contribution in [0, 0.1) is 6.92 Å². The molecule has 2 rings (SSSR count). The predicted molar refractivity (Wildman–Crippen MR) is 91.7 cm³/mol. The topological polar surface area (TPSA) is 108 Å². The molecule has 7 heteroatoms. The number of hydrogen-bond acceptors (Lipinski definition) is 6. The highest BCUT2D eigenvalue weighted by Crippen LogP contribution is 2.26. The lowest BCUT2D eigenvalue weighted by Gasteiger charge is -2.07. The summed E-state index contributed by atoms with van der Waals surface area (Å²) in [4.78, 5) is 22.8. The maximum absolute atomic E-state index is 11.8. The summed E-state index contributed by atoms with van der Waals surface area (Å²) < 4.78 is 4.92. The maximum Gasteiger partial charge on any atom is 0.308 e. The fraction of sp³-hybridized carbons (Fsp3) is 0.167. The van der Waals surface area contributed by atoms with Gasteiger partial charge in [0.05, 0.1) is 12.6 Å². The highest BCUT2D eigenvalue weighted by molar-refractivity contribution is 5.87. The van der Waals surface area contributed by atoms with Crippen molar-refractivity contribution in [1.82, 2.24) is 5.43 Å². The molecule has 0 spiro atoms. The minimum absolute atomic E-state index is 0.0576. The molecular weight excluding hydrogens is 324 g/mol. The summed E-state index contributed by atoms with van der Waals surface area (Å²) >= 11 is 0. The van der Waals surface area contributed by atoms with Crippen molar-refractivity contribution in [3.8, 4) is 17.2 Å². The zero-order chi connectivity index (χ0) is 18.4. The molecule has 25 heavy (non-hydrogen) atoms. The molecule has 1 amide bonds. The van der Waals surface area contributed by atoms with E-state index in [0.717, 1.165) is 0 Å². The number of phenolic OH excluding ortho intramolecular Hbond substituents is 2. The molecule has 0 saturated carbocycles. The molecule has 3 N–H and O–H groups in total. The van der Waals surface area contributed by atoms with Gasteiger partial charge in [-0.15, -0.1) is 0 Å². The van der Waals surface area contributed by atoms with E-state index in [-0.39, 0.29) is 29.6 Å². The first-order chi connectivity index (χ1) is 11.8. The van der Waals surface area contributed by atoms with Gasteiger partial charge in [-0.3, -0.25) is 9.59 Å². The number of rotatable bonds is 5. The van der Waals surface area contributed by atoms with E-state index >= 15 is 0 Å². The number of aryl methyl sites for hydroxylation is 1. The Balaban J connectivity index is 2.01. The Hall–Kier alpha value is -3.35. The molecule has 0 aliphatic rings. The van der Waals surface area contributed by atoms with Crippen LogP contribution in [-0.2, 0) is 16.0 Å². The van der Waals surface area contributed by atoms with Gasteiger partial charge in [0, 0.05) is 18.6 Å². The third-order valence-electron chi connectivity index (χ3n) is 3.26. The van der Waals surface area contributed by atoms with Crippen molar-refractivity contribution < 1.29 is 24.5 Å². The summed E-state index contributed by atoms with van der Waals surface area (Å²) in [5, 5.41) is 23.2. The predicted octanol–water partition coefficient (Wildman–Crippen LogP) is 2.02. The number of aromatic hydroxyl groups is 2. The van der Waals surface area contributed by atoms with E-state index < -0.39 is 5.97 Å². The second kappa shape index (κ2) is 7.96. The van der Waals surface area contributed by atoms with Crippen molar-refractivity contribution in [1.29, 1.82) is 0 Å². The Morgan fingerprint density at radius 2 is 2.00 bits per heavy atom. The van der Waals surface area contributed by atoms with Gasteiger partial charge < -0.3 is 14.9 Å². The lowest BCUT2D eigenvalue weighted by atomic mass is 10.1. The normalized spacial score (nSPS) is 10.6. The molecule has 0 unspecified atom stereocenters. The van der Waals surface area contributed by atoms with Crippen LogP contribution < -0.4 is 10.2 Å². The van der Waals surface area contributed by atoms with Gasteiger partial charge in [-0.2, -0.15) is 5.10 Å². The minimum Gasteiger partial charge on any atom is -0.508 e. The molecule has 0 saturated heterocycles. The molecule has 0 heterocycles. The Kier molecular flexibility index (Phi) is 5.73. The van der Waals surface area contributed by atoms with Gasteiger partial charge in [0.2, 0.25) is 5.91 Å². The van der Waals surface area contributed by atoms with Gasteiger partial charge in [0.15, 0.2) is 0 Å². The molecule has 0 aliphatic carbocycles. The van der Waals surface area contributed by atoms with Crippen LogP contribution in [0.1, 0.15) is 23.6 Å². The van der Waals surface area contributed by atoms with Crippen LogP contribution in [0.3, 0.4) is 0 Å². The number of phenols is 2. The third-order valence-corrected chi connectivity index (χ3v) is 3.26. The van der Waals surface area contributed by atoms with E-state index in [9.17, 15) is 19.8 Å². The molecule has 130 valence electrons. The van der Waals surface area contributed by atoms with E-state index in [1.807, 2.05) is 0 Å². The van der Waals surface area contributed by atoms with E-state index in [1.165, 1.54) is 31.3 Å². The van der Waals surface area contributed by atoms with Gasteiger partial charge >= 0.3 is 5.97 Å². The SMILES string of the molecule is CC(=O)Oc1cc(C)c(C=NNC(=O)Cc2cccc(O)c2)c(O)c1. The molecule has 0 aromatic heterocycles. The van der Waals surface area contributed by atoms with Crippen LogP contribution in [0.15, 0.2) is 41.5 Å². The molecular formula is C18H18N2O5. The van der Waals surface area contributed by atoms with E-state index in [4.69, 9.17) is 4.74 Å².